The zero-order valence-corrected chi connectivity index (χ0v) is 7.75. The van der Waals surface area contributed by atoms with Crippen LogP contribution in [0.15, 0.2) is 0 Å². The normalized spacial score (nSPS) is 16.2. The van der Waals surface area contributed by atoms with E-state index in [9.17, 15) is 4.79 Å². The van der Waals surface area contributed by atoms with E-state index in [2.05, 4.69) is 0 Å². The molecule has 0 aromatic heterocycles. The van der Waals surface area contributed by atoms with Gasteiger partial charge in [0.15, 0.2) is 0 Å². The lowest BCUT2D eigenvalue weighted by atomic mass is 10.2. The van der Waals surface area contributed by atoms with Gasteiger partial charge in [-0.2, -0.15) is 0 Å². The summed E-state index contributed by atoms with van der Waals surface area (Å²) in [6, 6.07) is 0. The molecule has 1 aliphatic rings. The number of hydrogen-bond donors (Lipinski definition) is 1. The zero-order valence-electron chi connectivity index (χ0n) is 7.75. The van der Waals surface area contributed by atoms with Crippen molar-refractivity contribution < 1.29 is 4.79 Å². The fourth-order valence-corrected chi connectivity index (χ4v) is 1.31. The molecule has 0 aromatic rings. The lowest BCUT2D eigenvalue weighted by Gasteiger charge is -2.19. The molecule has 0 saturated heterocycles. The summed E-state index contributed by atoms with van der Waals surface area (Å²) in [6.45, 7) is 4.08. The molecule has 1 aliphatic carbocycles. The van der Waals surface area contributed by atoms with E-state index in [1.54, 1.807) is 0 Å². The summed E-state index contributed by atoms with van der Waals surface area (Å²) in [4.78, 5) is 13.3. The molecule has 0 bridgehead atoms. The molecule has 70 valence electrons. The van der Waals surface area contributed by atoms with Crippen molar-refractivity contribution in [2.75, 3.05) is 19.6 Å². The Morgan fingerprint density at radius 2 is 2.25 bits per heavy atom. The van der Waals surface area contributed by atoms with Crippen molar-refractivity contribution in [2.45, 2.75) is 26.2 Å². The van der Waals surface area contributed by atoms with E-state index < -0.39 is 0 Å². The summed E-state index contributed by atoms with van der Waals surface area (Å²) in [6.07, 6.45) is 3.23. The van der Waals surface area contributed by atoms with Crippen molar-refractivity contribution in [1.82, 2.24) is 4.90 Å². The molecule has 3 nitrogen and oxygen atoms in total. The lowest BCUT2D eigenvalue weighted by molar-refractivity contribution is -0.131. The first-order valence-corrected chi connectivity index (χ1v) is 4.75. The minimum absolute atomic E-state index is 0.283. The molecular formula is C9H18N2O. The predicted octanol–water partition coefficient (Wildman–Crippen LogP) is 0.594. The van der Waals surface area contributed by atoms with Crippen LogP contribution in [0.1, 0.15) is 26.2 Å². The van der Waals surface area contributed by atoms with Crippen molar-refractivity contribution in [2.24, 2.45) is 11.7 Å². The van der Waals surface area contributed by atoms with Gasteiger partial charge in [-0.3, -0.25) is 4.79 Å². The smallest absolute Gasteiger partial charge is 0.222 e. The molecule has 0 spiro atoms. The van der Waals surface area contributed by atoms with Crippen LogP contribution in [-0.4, -0.2) is 30.4 Å². The number of nitrogens with two attached hydrogens (primary N) is 1. The van der Waals surface area contributed by atoms with Crippen LogP contribution >= 0.6 is 0 Å². The minimum Gasteiger partial charge on any atom is -0.342 e. The number of amides is 1. The third-order valence-corrected chi connectivity index (χ3v) is 2.29. The Hall–Kier alpha value is -0.570. The van der Waals surface area contributed by atoms with Crippen molar-refractivity contribution in [3.05, 3.63) is 0 Å². The number of carbonyl (C=O) groups is 1. The first-order chi connectivity index (χ1) is 5.77. The molecule has 1 amide bonds. The van der Waals surface area contributed by atoms with Crippen LogP contribution in [0, 0.1) is 5.92 Å². The molecule has 0 aromatic carbocycles. The maximum absolute atomic E-state index is 11.5. The van der Waals surface area contributed by atoms with Crippen molar-refractivity contribution in [3.8, 4) is 0 Å². The third-order valence-electron chi connectivity index (χ3n) is 2.29. The number of rotatable bonds is 5. The number of likely N-dealkylation sites (N-methyl/N-ethyl adjacent to an activating group) is 1. The minimum atomic E-state index is 0.283. The summed E-state index contributed by atoms with van der Waals surface area (Å²) >= 11 is 0. The van der Waals surface area contributed by atoms with Gasteiger partial charge in [0.05, 0.1) is 0 Å². The van der Waals surface area contributed by atoms with Gasteiger partial charge in [0, 0.05) is 26.1 Å². The number of nitrogens with zero attached hydrogens (tertiary/aromatic N) is 1. The standard InChI is InChI=1S/C9H18N2O/c1-2-11(6-5-10)9(12)7-8-3-4-8/h8H,2-7,10H2,1H3. The van der Waals surface area contributed by atoms with Gasteiger partial charge in [0.25, 0.3) is 0 Å². The molecule has 1 fully saturated rings. The first-order valence-electron chi connectivity index (χ1n) is 4.75. The van der Waals surface area contributed by atoms with Crippen LogP contribution in [0.5, 0.6) is 0 Å². The van der Waals surface area contributed by atoms with Gasteiger partial charge in [0.1, 0.15) is 0 Å². The van der Waals surface area contributed by atoms with E-state index in [0.717, 1.165) is 13.0 Å². The highest BCUT2D eigenvalue weighted by Crippen LogP contribution is 2.32. The average Bonchev–Trinajstić information content (AvgIpc) is 2.83. The second kappa shape index (κ2) is 4.45. The van der Waals surface area contributed by atoms with Gasteiger partial charge in [0.2, 0.25) is 5.91 Å². The summed E-state index contributed by atoms with van der Waals surface area (Å²) < 4.78 is 0. The quantitative estimate of drug-likeness (QED) is 0.656. The van der Waals surface area contributed by atoms with E-state index in [-0.39, 0.29) is 5.91 Å². The highest BCUT2D eigenvalue weighted by molar-refractivity contribution is 5.76. The van der Waals surface area contributed by atoms with Crippen LogP contribution in [0.2, 0.25) is 0 Å². The van der Waals surface area contributed by atoms with Gasteiger partial charge < -0.3 is 10.6 Å². The van der Waals surface area contributed by atoms with Gasteiger partial charge in [-0.05, 0) is 25.7 Å². The molecule has 3 heteroatoms. The summed E-state index contributed by atoms with van der Waals surface area (Å²) in [5.41, 5.74) is 5.40. The van der Waals surface area contributed by atoms with Crippen LogP contribution in [0.25, 0.3) is 0 Å². The largest absolute Gasteiger partial charge is 0.342 e. The highest BCUT2D eigenvalue weighted by Gasteiger charge is 2.26. The number of carbonyl (C=O) groups excluding carboxylic acids is 1. The van der Waals surface area contributed by atoms with Crippen molar-refractivity contribution in [3.63, 3.8) is 0 Å². The average molecular weight is 170 g/mol. The molecule has 0 radical (unpaired) electrons. The number of hydrogen-bond acceptors (Lipinski definition) is 2. The monoisotopic (exact) mass is 170 g/mol. The molecule has 12 heavy (non-hydrogen) atoms. The van der Waals surface area contributed by atoms with E-state index in [1.165, 1.54) is 12.8 Å². The topological polar surface area (TPSA) is 46.3 Å². The molecule has 0 atom stereocenters. The van der Waals surface area contributed by atoms with Gasteiger partial charge in [-0.15, -0.1) is 0 Å². The molecule has 0 heterocycles. The van der Waals surface area contributed by atoms with Crippen LogP contribution < -0.4 is 5.73 Å². The summed E-state index contributed by atoms with van der Waals surface area (Å²) in [7, 11) is 0. The maximum atomic E-state index is 11.5. The van der Waals surface area contributed by atoms with E-state index in [1.807, 2.05) is 11.8 Å². The van der Waals surface area contributed by atoms with Crippen molar-refractivity contribution >= 4 is 5.91 Å². The Morgan fingerprint density at radius 3 is 2.67 bits per heavy atom. The predicted molar refractivity (Wildman–Crippen MR) is 48.6 cm³/mol. The molecule has 1 rings (SSSR count). The van der Waals surface area contributed by atoms with E-state index in [4.69, 9.17) is 5.73 Å². The van der Waals surface area contributed by atoms with E-state index >= 15 is 0 Å². The fraction of sp³-hybridized carbons (Fsp3) is 0.889. The SMILES string of the molecule is CCN(CCN)C(=O)CC1CC1. The molecular weight excluding hydrogens is 152 g/mol. The summed E-state index contributed by atoms with van der Waals surface area (Å²) in [5.74, 6) is 0.967. The van der Waals surface area contributed by atoms with Crippen LogP contribution in [-0.2, 0) is 4.79 Å². The lowest BCUT2D eigenvalue weighted by Crippen LogP contribution is -2.35. The Bertz CT molecular complexity index is 155. The second-order valence-corrected chi connectivity index (χ2v) is 3.41. The van der Waals surface area contributed by atoms with E-state index in [0.29, 0.717) is 19.0 Å². The Morgan fingerprint density at radius 1 is 1.58 bits per heavy atom. The zero-order chi connectivity index (χ0) is 8.97. The van der Waals surface area contributed by atoms with Gasteiger partial charge in [-0.25, -0.2) is 0 Å². The fourth-order valence-electron chi connectivity index (χ4n) is 1.31. The Kier molecular flexibility index (Phi) is 3.53. The van der Waals surface area contributed by atoms with Gasteiger partial charge >= 0.3 is 0 Å². The maximum Gasteiger partial charge on any atom is 0.222 e. The first kappa shape index (κ1) is 9.52. The van der Waals surface area contributed by atoms with Crippen molar-refractivity contribution in [1.29, 1.82) is 0 Å². The molecule has 2 N–H and O–H groups in total. The highest BCUT2D eigenvalue weighted by atomic mass is 16.2. The Balaban J connectivity index is 2.24. The molecule has 0 unspecified atom stereocenters. The molecule has 0 aliphatic heterocycles. The molecule has 1 saturated carbocycles. The Labute approximate surface area is 73.9 Å². The summed E-state index contributed by atoms with van der Waals surface area (Å²) in [5, 5.41) is 0. The van der Waals surface area contributed by atoms with Crippen LogP contribution in [0.3, 0.4) is 0 Å². The third kappa shape index (κ3) is 2.81. The van der Waals surface area contributed by atoms with Crippen LogP contribution in [0.4, 0.5) is 0 Å². The second-order valence-electron chi connectivity index (χ2n) is 3.41. The van der Waals surface area contributed by atoms with Gasteiger partial charge in [-0.1, -0.05) is 0 Å².